The summed E-state index contributed by atoms with van der Waals surface area (Å²) in [6.45, 7) is 4.11. The Bertz CT molecular complexity index is 558. The van der Waals surface area contributed by atoms with Gasteiger partial charge in [0.2, 0.25) is 5.88 Å². The van der Waals surface area contributed by atoms with Gasteiger partial charge in [0, 0.05) is 17.8 Å². The van der Waals surface area contributed by atoms with Gasteiger partial charge in [-0.25, -0.2) is 9.97 Å². The van der Waals surface area contributed by atoms with Crippen LogP contribution in [0, 0.1) is 0 Å². The number of nitrogens with two attached hydrogens (primary N) is 1. The topological polar surface area (TPSA) is 61.0 Å². The zero-order valence-electron chi connectivity index (χ0n) is 10.2. The first-order chi connectivity index (χ1) is 8.56. The van der Waals surface area contributed by atoms with E-state index in [9.17, 15) is 0 Å². The van der Waals surface area contributed by atoms with Crippen molar-refractivity contribution >= 4 is 17.3 Å². The highest BCUT2D eigenvalue weighted by molar-refractivity contribution is 6.32. The molecule has 0 aliphatic carbocycles. The van der Waals surface area contributed by atoms with Crippen molar-refractivity contribution in [1.29, 1.82) is 0 Å². The number of rotatable bonds is 3. The Morgan fingerprint density at radius 3 is 2.72 bits per heavy atom. The molecule has 0 spiro atoms. The number of hydrogen-bond acceptors (Lipinski definition) is 4. The van der Waals surface area contributed by atoms with E-state index in [1.807, 2.05) is 0 Å². The lowest BCUT2D eigenvalue weighted by molar-refractivity contribution is 0.460. The Balaban J connectivity index is 2.28. The lowest BCUT2D eigenvalue weighted by atomic mass is 10.1. The van der Waals surface area contributed by atoms with E-state index in [0.717, 1.165) is 5.69 Å². The van der Waals surface area contributed by atoms with E-state index in [4.69, 9.17) is 22.1 Å². The molecule has 18 heavy (non-hydrogen) atoms. The normalized spacial score (nSPS) is 10.7. The number of nitrogen functional groups attached to an aromatic ring is 1. The second kappa shape index (κ2) is 5.23. The molecule has 0 aliphatic rings. The minimum atomic E-state index is 0.312. The van der Waals surface area contributed by atoms with E-state index in [-0.39, 0.29) is 0 Å². The predicted octanol–water partition coefficient (Wildman–Crippen LogP) is 3.63. The molecule has 0 unspecified atom stereocenters. The summed E-state index contributed by atoms with van der Waals surface area (Å²) in [5.74, 6) is 1.26. The van der Waals surface area contributed by atoms with Crippen LogP contribution in [0.5, 0.6) is 11.6 Å². The molecule has 0 radical (unpaired) electrons. The minimum Gasteiger partial charge on any atom is -0.437 e. The van der Waals surface area contributed by atoms with Gasteiger partial charge in [-0.15, -0.1) is 0 Å². The highest BCUT2D eigenvalue weighted by atomic mass is 35.5. The van der Waals surface area contributed by atoms with E-state index in [1.54, 1.807) is 24.3 Å². The summed E-state index contributed by atoms with van der Waals surface area (Å²) in [6, 6.07) is 6.87. The molecule has 0 saturated heterocycles. The summed E-state index contributed by atoms with van der Waals surface area (Å²) in [5.41, 5.74) is 7.19. The van der Waals surface area contributed by atoms with Gasteiger partial charge in [0.05, 0.1) is 10.7 Å². The number of ether oxygens (including phenoxy) is 1. The van der Waals surface area contributed by atoms with Crippen molar-refractivity contribution < 1.29 is 4.74 Å². The van der Waals surface area contributed by atoms with Gasteiger partial charge in [0.15, 0.2) is 0 Å². The number of nitrogens with zero attached hydrogens (tertiary/aromatic N) is 2. The first-order valence-corrected chi connectivity index (χ1v) is 5.99. The Labute approximate surface area is 111 Å². The number of anilines is 1. The van der Waals surface area contributed by atoms with Gasteiger partial charge in [0.25, 0.3) is 0 Å². The summed E-state index contributed by atoms with van der Waals surface area (Å²) >= 11 is 6.02. The van der Waals surface area contributed by atoms with Gasteiger partial charge in [0.1, 0.15) is 12.1 Å². The molecule has 2 aromatic rings. The molecule has 0 bridgehead atoms. The number of halogens is 1. The van der Waals surface area contributed by atoms with E-state index in [2.05, 4.69) is 23.8 Å². The molecule has 0 saturated carbocycles. The monoisotopic (exact) mass is 263 g/mol. The van der Waals surface area contributed by atoms with Crippen LogP contribution in [0.25, 0.3) is 0 Å². The van der Waals surface area contributed by atoms with Crippen LogP contribution in [0.2, 0.25) is 5.02 Å². The van der Waals surface area contributed by atoms with Gasteiger partial charge in [-0.2, -0.15) is 0 Å². The van der Waals surface area contributed by atoms with Crippen molar-refractivity contribution in [3.8, 4) is 11.6 Å². The molecule has 1 aromatic heterocycles. The van der Waals surface area contributed by atoms with E-state index in [1.165, 1.54) is 6.33 Å². The molecule has 1 aromatic carbocycles. The molecule has 2 N–H and O–H groups in total. The SMILES string of the molecule is CC(C)c1cc(Oc2cc(N)ccc2Cl)ncn1. The van der Waals surface area contributed by atoms with Gasteiger partial charge >= 0.3 is 0 Å². The summed E-state index contributed by atoms with van der Waals surface area (Å²) in [7, 11) is 0. The average molecular weight is 264 g/mol. The quantitative estimate of drug-likeness (QED) is 0.859. The highest BCUT2D eigenvalue weighted by Gasteiger charge is 2.07. The molecule has 1 heterocycles. The van der Waals surface area contributed by atoms with Crippen LogP contribution in [0.1, 0.15) is 25.5 Å². The third-order valence-corrected chi connectivity index (χ3v) is 2.74. The Hall–Kier alpha value is -1.81. The molecule has 0 aliphatic heterocycles. The van der Waals surface area contributed by atoms with Crippen LogP contribution in [0.4, 0.5) is 5.69 Å². The fourth-order valence-electron chi connectivity index (χ4n) is 1.44. The smallest absolute Gasteiger partial charge is 0.222 e. The molecule has 4 nitrogen and oxygen atoms in total. The van der Waals surface area contributed by atoms with Crippen LogP contribution >= 0.6 is 11.6 Å². The fourth-order valence-corrected chi connectivity index (χ4v) is 1.59. The van der Waals surface area contributed by atoms with Crippen LogP contribution in [-0.4, -0.2) is 9.97 Å². The summed E-state index contributed by atoms with van der Waals surface area (Å²) in [4.78, 5) is 8.23. The second-order valence-electron chi connectivity index (χ2n) is 4.23. The van der Waals surface area contributed by atoms with Crippen LogP contribution in [0.3, 0.4) is 0 Å². The van der Waals surface area contributed by atoms with Gasteiger partial charge < -0.3 is 10.5 Å². The number of aromatic nitrogens is 2. The number of benzene rings is 1. The van der Waals surface area contributed by atoms with E-state index >= 15 is 0 Å². The first kappa shape index (κ1) is 12.6. The largest absolute Gasteiger partial charge is 0.437 e. The molecule has 0 fully saturated rings. The lowest BCUT2D eigenvalue weighted by Gasteiger charge is -2.09. The van der Waals surface area contributed by atoms with Crippen LogP contribution < -0.4 is 10.5 Å². The highest BCUT2D eigenvalue weighted by Crippen LogP contribution is 2.30. The fraction of sp³-hybridized carbons (Fsp3) is 0.231. The van der Waals surface area contributed by atoms with Crippen molar-refractivity contribution in [3.05, 3.63) is 41.3 Å². The maximum absolute atomic E-state index is 6.02. The Morgan fingerprint density at radius 2 is 2.00 bits per heavy atom. The van der Waals surface area contributed by atoms with Crippen molar-refractivity contribution in [1.82, 2.24) is 9.97 Å². The van der Waals surface area contributed by atoms with Crippen molar-refractivity contribution in [3.63, 3.8) is 0 Å². The van der Waals surface area contributed by atoms with Gasteiger partial charge in [-0.05, 0) is 18.1 Å². The molecule has 5 heteroatoms. The van der Waals surface area contributed by atoms with Crippen molar-refractivity contribution in [2.75, 3.05) is 5.73 Å². The van der Waals surface area contributed by atoms with E-state index in [0.29, 0.717) is 28.3 Å². The second-order valence-corrected chi connectivity index (χ2v) is 4.63. The summed E-state index contributed by atoms with van der Waals surface area (Å²) in [6.07, 6.45) is 1.48. The van der Waals surface area contributed by atoms with Gasteiger partial charge in [-0.3, -0.25) is 0 Å². The number of hydrogen-bond donors (Lipinski definition) is 1. The predicted molar refractivity (Wildman–Crippen MR) is 72.1 cm³/mol. The molecule has 0 atom stereocenters. The van der Waals surface area contributed by atoms with Crippen molar-refractivity contribution in [2.45, 2.75) is 19.8 Å². The summed E-state index contributed by atoms with van der Waals surface area (Å²) in [5, 5.41) is 0.494. The minimum absolute atomic E-state index is 0.312. The van der Waals surface area contributed by atoms with E-state index < -0.39 is 0 Å². The Morgan fingerprint density at radius 1 is 1.22 bits per heavy atom. The van der Waals surface area contributed by atoms with Crippen LogP contribution in [0.15, 0.2) is 30.6 Å². The Kier molecular flexibility index (Phi) is 3.67. The summed E-state index contributed by atoms with van der Waals surface area (Å²) < 4.78 is 5.62. The zero-order valence-corrected chi connectivity index (χ0v) is 11.0. The maximum atomic E-state index is 6.02. The standard InChI is InChI=1S/C13H14ClN3O/c1-8(2)11-6-13(17-7-16-11)18-12-5-9(15)3-4-10(12)14/h3-8H,15H2,1-2H3. The van der Waals surface area contributed by atoms with Gasteiger partial charge in [-0.1, -0.05) is 25.4 Å². The average Bonchev–Trinajstić information content (AvgIpc) is 2.34. The molecule has 94 valence electrons. The van der Waals surface area contributed by atoms with Crippen molar-refractivity contribution in [2.24, 2.45) is 0 Å². The maximum Gasteiger partial charge on any atom is 0.222 e. The molecule has 2 rings (SSSR count). The van der Waals surface area contributed by atoms with Crippen LogP contribution in [-0.2, 0) is 0 Å². The first-order valence-electron chi connectivity index (χ1n) is 5.61. The third kappa shape index (κ3) is 2.90. The molecular weight excluding hydrogens is 250 g/mol. The zero-order chi connectivity index (χ0) is 13.1. The molecule has 0 amide bonds. The lowest BCUT2D eigenvalue weighted by Crippen LogP contribution is -1.96. The third-order valence-electron chi connectivity index (χ3n) is 2.42. The molecular formula is C13H14ClN3O.